The zero-order chi connectivity index (χ0) is 14.2. The lowest BCUT2D eigenvalue weighted by atomic mass is 10.2. The fourth-order valence-electron chi connectivity index (χ4n) is 1.75. The van der Waals surface area contributed by atoms with Gasteiger partial charge < -0.3 is 9.47 Å². The number of fused-ring (bicyclic) bond motifs is 1. The first-order valence-corrected chi connectivity index (χ1v) is 5.74. The molecular weight excluding hydrogens is 268 g/mol. The van der Waals surface area contributed by atoms with Crippen LogP contribution in [0.3, 0.4) is 0 Å². The van der Waals surface area contributed by atoms with E-state index in [9.17, 15) is 8.78 Å². The van der Waals surface area contributed by atoms with Crippen molar-refractivity contribution in [1.82, 2.24) is 9.97 Å². The Balaban J connectivity index is 1.90. The summed E-state index contributed by atoms with van der Waals surface area (Å²) in [6, 6.07) is 4.35. The largest absolute Gasteiger partial charge is 0.586 e. The number of nitrogens with zero attached hydrogens (tertiary/aromatic N) is 3. The maximum atomic E-state index is 12.9. The number of aliphatic imine (C=N–C) groups is 1. The minimum absolute atomic E-state index is 0.00496. The smallest absolute Gasteiger partial charge is 0.395 e. The quantitative estimate of drug-likeness (QED) is 0.792. The van der Waals surface area contributed by atoms with Crippen molar-refractivity contribution < 1.29 is 18.3 Å². The molecule has 0 fully saturated rings. The van der Waals surface area contributed by atoms with E-state index in [0.717, 1.165) is 5.56 Å². The number of ether oxygens (including phenoxy) is 2. The molecule has 2 aromatic rings. The van der Waals surface area contributed by atoms with Crippen molar-refractivity contribution in [3.63, 3.8) is 0 Å². The number of alkyl halides is 2. The molecule has 0 spiro atoms. The monoisotopic (exact) mass is 277 g/mol. The van der Waals surface area contributed by atoms with E-state index < -0.39 is 6.29 Å². The highest BCUT2D eigenvalue weighted by molar-refractivity contribution is 5.99. The van der Waals surface area contributed by atoms with E-state index in [1.54, 1.807) is 25.4 Å². The standard InChI is InChI=1S/C13H9F2N3O2/c1-8(9-5-16-7-17-6-9)18-10-2-3-11-12(4-10)20-13(14,15)19-11/h2-7H,1H3/b18-8-. The molecule has 0 N–H and O–H groups in total. The van der Waals surface area contributed by atoms with E-state index in [4.69, 9.17) is 0 Å². The summed E-state index contributed by atoms with van der Waals surface area (Å²) >= 11 is 0. The third-order valence-electron chi connectivity index (χ3n) is 2.66. The van der Waals surface area contributed by atoms with E-state index in [1.165, 1.54) is 18.5 Å². The molecule has 2 heterocycles. The molecule has 0 amide bonds. The van der Waals surface area contributed by atoms with E-state index in [2.05, 4.69) is 24.4 Å². The molecular formula is C13H9F2N3O2. The Hall–Kier alpha value is -2.57. The topological polar surface area (TPSA) is 56.6 Å². The molecule has 0 radical (unpaired) electrons. The highest BCUT2D eigenvalue weighted by Crippen LogP contribution is 2.42. The van der Waals surface area contributed by atoms with Crippen molar-refractivity contribution in [1.29, 1.82) is 0 Å². The van der Waals surface area contributed by atoms with Crippen LogP contribution in [0.1, 0.15) is 12.5 Å². The summed E-state index contributed by atoms with van der Waals surface area (Å²) in [7, 11) is 0. The Morgan fingerprint density at radius 2 is 1.85 bits per heavy atom. The van der Waals surface area contributed by atoms with E-state index in [-0.39, 0.29) is 11.5 Å². The van der Waals surface area contributed by atoms with Crippen LogP contribution in [-0.2, 0) is 0 Å². The van der Waals surface area contributed by atoms with Crippen molar-refractivity contribution in [2.24, 2.45) is 4.99 Å². The number of hydrogen-bond acceptors (Lipinski definition) is 5. The van der Waals surface area contributed by atoms with Gasteiger partial charge in [-0.05, 0) is 19.1 Å². The summed E-state index contributed by atoms with van der Waals surface area (Å²) in [4.78, 5) is 12.1. The Morgan fingerprint density at radius 3 is 2.60 bits per heavy atom. The molecule has 5 nitrogen and oxygen atoms in total. The summed E-state index contributed by atoms with van der Waals surface area (Å²) in [6.45, 7) is 1.78. The van der Waals surface area contributed by atoms with Crippen molar-refractivity contribution in [3.05, 3.63) is 42.5 Å². The third kappa shape index (κ3) is 2.42. The Morgan fingerprint density at radius 1 is 1.15 bits per heavy atom. The van der Waals surface area contributed by atoms with Gasteiger partial charge in [-0.15, -0.1) is 8.78 Å². The van der Waals surface area contributed by atoms with Crippen LogP contribution in [0.2, 0.25) is 0 Å². The minimum Gasteiger partial charge on any atom is -0.395 e. The van der Waals surface area contributed by atoms with E-state index in [1.807, 2.05) is 0 Å². The number of benzene rings is 1. The SMILES string of the molecule is C/C(=N/c1ccc2c(c1)OC(F)(F)O2)c1cncnc1. The predicted molar refractivity (Wildman–Crippen MR) is 66.5 cm³/mol. The third-order valence-corrected chi connectivity index (χ3v) is 2.66. The number of rotatable bonds is 2. The molecule has 0 aliphatic carbocycles. The van der Waals surface area contributed by atoms with Crippen molar-refractivity contribution in [3.8, 4) is 11.5 Å². The number of halogens is 2. The van der Waals surface area contributed by atoms with Crippen LogP contribution in [0, 0.1) is 0 Å². The molecule has 1 aromatic carbocycles. The summed E-state index contributed by atoms with van der Waals surface area (Å²) in [5, 5.41) is 0. The second kappa shape index (κ2) is 4.52. The molecule has 102 valence electrons. The maximum absolute atomic E-state index is 12.9. The summed E-state index contributed by atoms with van der Waals surface area (Å²) in [5.41, 5.74) is 1.89. The first-order chi connectivity index (χ1) is 9.53. The predicted octanol–water partition coefficient (Wildman–Crippen LogP) is 2.94. The highest BCUT2D eigenvalue weighted by Gasteiger charge is 2.43. The van der Waals surface area contributed by atoms with Crippen molar-refractivity contribution in [2.75, 3.05) is 0 Å². The average Bonchev–Trinajstić information content (AvgIpc) is 2.73. The van der Waals surface area contributed by atoms with Crippen molar-refractivity contribution >= 4 is 11.4 Å². The zero-order valence-electron chi connectivity index (χ0n) is 10.4. The molecule has 0 atom stereocenters. The van der Waals surface area contributed by atoms with Gasteiger partial charge in [0.05, 0.1) is 5.69 Å². The lowest BCUT2D eigenvalue weighted by Crippen LogP contribution is -2.25. The molecule has 1 aliphatic heterocycles. The lowest BCUT2D eigenvalue weighted by molar-refractivity contribution is -0.286. The van der Waals surface area contributed by atoms with Crippen LogP contribution >= 0.6 is 0 Å². The van der Waals surface area contributed by atoms with Crippen LogP contribution in [0.25, 0.3) is 0 Å². The summed E-state index contributed by atoms with van der Waals surface area (Å²) < 4.78 is 34.5. The van der Waals surface area contributed by atoms with Gasteiger partial charge in [-0.1, -0.05) is 0 Å². The van der Waals surface area contributed by atoms with Gasteiger partial charge in [-0.25, -0.2) is 9.97 Å². The van der Waals surface area contributed by atoms with Crippen LogP contribution < -0.4 is 9.47 Å². The first-order valence-electron chi connectivity index (χ1n) is 5.74. The van der Waals surface area contributed by atoms with E-state index in [0.29, 0.717) is 11.4 Å². The van der Waals surface area contributed by atoms with Gasteiger partial charge in [0.2, 0.25) is 0 Å². The number of aromatic nitrogens is 2. The highest BCUT2D eigenvalue weighted by atomic mass is 19.3. The van der Waals surface area contributed by atoms with Gasteiger partial charge in [0, 0.05) is 29.7 Å². The molecule has 20 heavy (non-hydrogen) atoms. The molecule has 0 bridgehead atoms. The second-order valence-electron chi connectivity index (χ2n) is 4.12. The molecule has 1 aliphatic rings. The number of hydrogen-bond donors (Lipinski definition) is 0. The van der Waals surface area contributed by atoms with Gasteiger partial charge >= 0.3 is 6.29 Å². The van der Waals surface area contributed by atoms with Gasteiger partial charge in [-0.3, -0.25) is 4.99 Å². The fourth-order valence-corrected chi connectivity index (χ4v) is 1.75. The van der Waals surface area contributed by atoms with Crippen LogP contribution in [0.15, 0.2) is 41.9 Å². The fraction of sp³-hybridized carbons (Fsp3) is 0.154. The van der Waals surface area contributed by atoms with Crippen LogP contribution in [-0.4, -0.2) is 22.0 Å². The molecule has 7 heteroatoms. The second-order valence-corrected chi connectivity index (χ2v) is 4.12. The van der Waals surface area contributed by atoms with E-state index >= 15 is 0 Å². The molecule has 3 rings (SSSR count). The van der Waals surface area contributed by atoms with Gasteiger partial charge in [0.1, 0.15) is 6.33 Å². The molecule has 1 aromatic heterocycles. The average molecular weight is 277 g/mol. The Bertz CT molecular complexity index is 675. The summed E-state index contributed by atoms with van der Waals surface area (Å²) in [6.07, 6.45) is 1.03. The minimum atomic E-state index is -3.62. The molecule has 0 unspecified atom stereocenters. The molecule has 0 saturated carbocycles. The molecule has 0 saturated heterocycles. The van der Waals surface area contributed by atoms with Crippen LogP contribution in [0.5, 0.6) is 11.5 Å². The Labute approximate surface area is 112 Å². The maximum Gasteiger partial charge on any atom is 0.586 e. The first kappa shape index (κ1) is 12.5. The summed E-state index contributed by atoms with van der Waals surface area (Å²) in [5.74, 6) is -0.0389. The lowest BCUT2D eigenvalue weighted by Gasteiger charge is -2.04. The van der Waals surface area contributed by atoms with Crippen LogP contribution in [0.4, 0.5) is 14.5 Å². The van der Waals surface area contributed by atoms with Gasteiger partial charge in [0.25, 0.3) is 0 Å². The van der Waals surface area contributed by atoms with Gasteiger partial charge in [0.15, 0.2) is 11.5 Å². The zero-order valence-corrected chi connectivity index (χ0v) is 10.4. The normalized spacial score (nSPS) is 16.2. The van der Waals surface area contributed by atoms with Gasteiger partial charge in [-0.2, -0.15) is 0 Å². The Kier molecular flexibility index (Phi) is 2.81. The van der Waals surface area contributed by atoms with Crippen molar-refractivity contribution in [2.45, 2.75) is 13.2 Å².